The van der Waals surface area contributed by atoms with Gasteiger partial charge < -0.3 is 20.9 Å². The van der Waals surface area contributed by atoms with Crippen LogP contribution in [0.3, 0.4) is 0 Å². The van der Waals surface area contributed by atoms with E-state index in [1.165, 1.54) is 11.1 Å². The third-order valence-corrected chi connectivity index (χ3v) is 5.64. The van der Waals surface area contributed by atoms with Crippen molar-refractivity contribution in [2.45, 2.75) is 25.9 Å². The van der Waals surface area contributed by atoms with Crippen LogP contribution in [0, 0.1) is 0 Å². The van der Waals surface area contributed by atoms with Crippen LogP contribution in [0.15, 0.2) is 78.9 Å². The Morgan fingerprint density at radius 2 is 1.31 bits per heavy atom. The number of amides is 4. The van der Waals surface area contributed by atoms with Gasteiger partial charge in [-0.15, -0.1) is 0 Å². The molecule has 164 valence electrons. The number of urea groups is 2. The Balaban J connectivity index is 1.29. The predicted octanol–water partition coefficient (Wildman–Crippen LogP) is 4.32. The quantitative estimate of drug-likeness (QED) is 0.566. The van der Waals surface area contributed by atoms with Crippen LogP contribution < -0.4 is 16.0 Å². The molecule has 3 aromatic carbocycles. The average molecular weight is 429 g/mol. The van der Waals surface area contributed by atoms with Gasteiger partial charge in [-0.05, 0) is 47.2 Å². The molecule has 0 spiro atoms. The first kappa shape index (κ1) is 21.4. The Hall–Kier alpha value is -3.80. The molecule has 0 fully saturated rings. The normalized spacial score (nSPS) is 12.9. The van der Waals surface area contributed by atoms with E-state index in [2.05, 4.69) is 16.0 Å². The van der Waals surface area contributed by atoms with E-state index in [-0.39, 0.29) is 12.1 Å². The minimum Gasteiger partial charge on any atom is -0.334 e. The van der Waals surface area contributed by atoms with Gasteiger partial charge in [0.1, 0.15) is 0 Å². The summed E-state index contributed by atoms with van der Waals surface area (Å²) in [6, 6.07) is 25.4. The van der Waals surface area contributed by atoms with Crippen molar-refractivity contribution in [1.82, 2.24) is 15.5 Å². The first-order valence-corrected chi connectivity index (χ1v) is 10.9. The highest BCUT2D eigenvalue weighted by Crippen LogP contribution is 2.21. The summed E-state index contributed by atoms with van der Waals surface area (Å²) in [6.45, 7) is 2.33. The molecule has 32 heavy (non-hydrogen) atoms. The van der Waals surface area contributed by atoms with Crippen LogP contribution in [0.1, 0.15) is 22.3 Å². The lowest BCUT2D eigenvalue weighted by Gasteiger charge is -2.20. The topological polar surface area (TPSA) is 73.5 Å². The number of hydrogen-bond acceptors (Lipinski definition) is 2. The van der Waals surface area contributed by atoms with E-state index in [0.717, 1.165) is 29.7 Å². The summed E-state index contributed by atoms with van der Waals surface area (Å²) in [4.78, 5) is 26.8. The molecule has 4 rings (SSSR count). The molecular formula is C26H28N4O2. The zero-order valence-corrected chi connectivity index (χ0v) is 18.0. The Labute approximate surface area is 188 Å². The van der Waals surface area contributed by atoms with Gasteiger partial charge in [-0.2, -0.15) is 0 Å². The van der Waals surface area contributed by atoms with E-state index in [4.69, 9.17) is 0 Å². The summed E-state index contributed by atoms with van der Waals surface area (Å²) >= 11 is 0. The molecule has 0 radical (unpaired) electrons. The fourth-order valence-corrected chi connectivity index (χ4v) is 3.84. The van der Waals surface area contributed by atoms with Crippen molar-refractivity contribution in [1.29, 1.82) is 0 Å². The van der Waals surface area contributed by atoms with Crippen molar-refractivity contribution in [2.75, 3.05) is 18.4 Å². The SMILES string of the molecule is O=C(NCc1ccccc1)Nc1ccc2c(c1)CCN(C(=O)NCc1ccccc1)CC2. The first-order chi connectivity index (χ1) is 15.7. The summed E-state index contributed by atoms with van der Waals surface area (Å²) < 4.78 is 0. The van der Waals surface area contributed by atoms with Gasteiger partial charge >= 0.3 is 12.1 Å². The van der Waals surface area contributed by atoms with Crippen molar-refractivity contribution >= 4 is 17.7 Å². The zero-order chi connectivity index (χ0) is 22.2. The Morgan fingerprint density at radius 1 is 0.719 bits per heavy atom. The maximum absolute atomic E-state index is 12.6. The molecule has 1 heterocycles. The van der Waals surface area contributed by atoms with Gasteiger partial charge in [0, 0.05) is 31.9 Å². The standard InChI is InChI=1S/C26H28N4O2/c31-25(27-18-20-7-3-1-4-8-20)29-24-12-11-22-13-15-30(16-14-23(22)17-24)26(32)28-19-21-9-5-2-6-10-21/h1-12,17H,13-16,18-19H2,(H,28,32)(H2,27,29,31). The summed E-state index contributed by atoms with van der Waals surface area (Å²) in [5.41, 5.74) is 5.29. The molecule has 6 heteroatoms. The number of fused-ring (bicyclic) bond motifs is 1. The maximum Gasteiger partial charge on any atom is 0.319 e. The van der Waals surface area contributed by atoms with Crippen LogP contribution in [-0.4, -0.2) is 30.1 Å². The van der Waals surface area contributed by atoms with E-state index in [9.17, 15) is 9.59 Å². The Bertz CT molecular complexity index is 1050. The van der Waals surface area contributed by atoms with Gasteiger partial charge in [-0.25, -0.2) is 9.59 Å². The van der Waals surface area contributed by atoms with Crippen LogP contribution in [0.4, 0.5) is 15.3 Å². The molecule has 0 saturated carbocycles. The minimum atomic E-state index is -0.232. The van der Waals surface area contributed by atoms with Crippen molar-refractivity contribution < 1.29 is 9.59 Å². The lowest BCUT2D eigenvalue weighted by Crippen LogP contribution is -2.41. The third-order valence-electron chi connectivity index (χ3n) is 5.64. The number of hydrogen-bond donors (Lipinski definition) is 3. The van der Waals surface area contributed by atoms with Crippen LogP contribution in [0.2, 0.25) is 0 Å². The highest BCUT2D eigenvalue weighted by atomic mass is 16.2. The molecule has 4 amide bonds. The van der Waals surface area contributed by atoms with Gasteiger partial charge in [0.25, 0.3) is 0 Å². The molecule has 6 nitrogen and oxygen atoms in total. The van der Waals surface area contributed by atoms with Gasteiger partial charge in [0.15, 0.2) is 0 Å². The number of rotatable bonds is 5. The minimum absolute atomic E-state index is 0.0414. The van der Waals surface area contributed by atoms with E-state index in [0.29, 0.717) is 26.2 Å². The lowest BCUT2D eigenvalue weighted by molar-refractivity contribution is 0.200. The molecule has 0 aromatic heterocycles. The number of anilines is 1. The van der Waals surface area contributed by atoms with Crippen molar-refractivity contribution in [3.63, 3.8) is 0 Å². The molecule has 3 aromatic rings. The predicted molar refractivity (Wildman–Crippen MR) is 126 cm³/mol. The number of carbonyl (C=O) groups is 2. The number of benzene rings is 3. The molecular weight excluding hydrogens is 400 g/mol. The molecule has 0 atom stereocenters. The number of nitrogens with one attached hydrogen (secondary N) is 3. The summed E-state index contributed by atoms with van der Waals surface area (Å²) in [5.74, 6) is 0. The Morgan fingerprint density at radius 3 is 1.97 bits per heavy atom. The second-order valence-corrected chi connectivity index (χ2v) is 7.91. The molecule has 0 unspecified atom stereocenters. The maximum atomic E-state index is 12.6. The van der Waals surface area contributed by atoms with E-state index >= 15 is 0 Å². The van der Waals surface area contributed by atoms with Crippen LogP contribution >= 0.6 is 0 Å². The number of nitrogens with zero attached hydrogens (tertiary/aromatic N) is 1. The highest BCUT2D eigenvalue weighted by molar-refractivity contribution is 5.89. The molecule has 3 N–H and O–H groups in total. The average Bonchev–Trinajstić information content (AvgIpc) is 3.05. The van der Waals surface area contributed by atoms with Crippen LogP contribution in [0.5, 0.6) is 0 Å². The van der Waals surface area contributed by atoms with E-state index in [1.54, 1.807) is 0 Å². The van der Waals surface area contributed by atoms with Crippen molar-refractivity contribution in [3.8, 4) is 0 Å². The van der Waals surface area contributed by atoms with Crippen LogP contribution in [0.25, 0.3) is 0 Å². The smallest absolute Gasteiger partial charge is 0.319 e. The van der Waals surface area contributed by atoms with Gasteiger partial charge in [0.2, 0.25) is 0 Å². The molecule has 0 aliphatic carbocycles. The first-order valence-electron chi connectivity index (χ1n) is 10.9. The fraction of sp³-hybridized carbons (Fsp3) is 0.231. The molecule has 1 aliphatic rings. The summed E-state index contributed by atoms with van der Waals surface area (Å²) in [7, 11) is 0. The lowest BCUT2D eigenvalue weighted by atomic mass is 10.0. The van der Waals surface area contributed by atoms with E-state index < -0.39 is 0 Å². The zero-order valence-electron chi connectivity index (χ0n) is 18.0. The fourth-order valence-electron chi connectivity index (χ4n) is 3.84. The van der Waals surface area contributed by atoms with Crippen molar-refractivity contribution in [3.05, 3.63) is 101 Å². The monoisotopic (exact) mass is 428 g/mol. The highest BCUT2D eigenvalue weighted by Gasteiger charge is 2.18. The second-order valence-electron chi connectivity index (χ2n) is 7.91. The molecule has 0 saturated heterocycles. The second kappa shape index (κ2) is 10.5. The summed E-state index contributed by atoms with van der Waals surface area (Å²) in [5, 5.41) is 8.80. The third kappa shape index (κ3) is 5.88. The number of carbonyl (C=O) groups excluding carboxylic acids is 2. The molecule has 0 bridgehead atoms. The molecule has 1 aliphatic heterocycles. The van der Waals surface area contributed by atoms with Gasteiger partial charge in [-0.3, -0.25) is 0 Å². The van der Waals surface area contributed by atoms with Gasteiger partial charge in [0.05, 0.1) is 0 Å². The van der Waals surface area contributed by atoms with Gasteiger partial charge in [-0.1, -0.05) is 66.7 Å². The largest absolute Gasteiger partial charge is 0.334 e. The van der Waals surface area contributed by atoms with Crippen molar-refractivity contribution in [2.24, 2.45) is 0 Å². The summed E-state index contributed by atoms with van der Waals surface area (Å²) in [6.07, 6.45) is 1.56. The Kier molecular flexibility index (Phi) is 7.02. The van der Waals surface area contributed by atoms with E-state index in [1.807, 2.05) is 83.8 Å². The van der Waals surface area contributed by atoms with Crippen LogP contribution in [-0.2, 0) is 25.9 Å².